The normalized spacial score (nSPS) is 11.1. The predicted octanol–water partition coefficient (Wildman–Crippen LogP) is 12.7. The van der Waals surface area contributed by atoms with Crippen LogP contribution in [0.5, 0.6) is 0 Å². The molecule has 0 N–H and O–H groups in total. The fraction of sp³-hybridized carbons (Fsp3) is 0.0714. The van der Waals surface area contributed by atoms with Crippen LogP contribution in [0.3, 0.4) is 0 Å². The number of thiol groups is 3. The number of benzene rings is 6. The molecule has 260 valence electrons. The highest BCUT2D eigenvalue weighted by Gasteiger charge is 2.35. The average Bonchev–Trinajstić information content (AvgIpc) is 3.11. The lowest BCUT2D eigenvalue weighted by atomic mass is 10.2. The maximum Gasteiger partial charge on any atom is 0.179 e. The van der Waals surface area contributed by atoms with E-state index in [4.69, 9.17) is 37.9 Å². The summed E-state index contributed by atoms with van der Waals surface area (Å²) in [4.78, 5) is 47.2. The highest BCUT2D eigenvalue weighted by Crippen LogP contribution is 2.44. The Labute approximate surface area is 336 Å². The first kappa shape index (κ1) is 38.5. The lowest BCUT2D eigenvalue weighted by Crippen LogP contribution is -2.08. The molecule has 0 aromatic heterocycles. The summed E-state index contributed by atoms with van der Waals surface area (Å²) in [6, 6.07) is 41.9. The number of carbonyl (C=O) groups excluding carboxylic acids is 3. The van der Waals surface area contributed by atoms with E-state index in [0.29, 0.717) is 16.7 Å². The molecule has 0 aliphatic carbocycles. The summed E-state index contributed by atoms with van der Waals surface area (Å²) in [6.45, 7) is 4.71. The van der Waals surface area contributed by atoms with Crippen LogP contribution in [0.25, 0.3) is 0 Å². The van der Waals surface area contributed by atoms with E-state index >= 15 is 0 Å². The third-order valence-electron chi connectivity index (χ3n) is 7.94. The summed E-state index contributed by atoms with van der Waals surface area (Å²) in [7, 11) is -0.608. The molecular weight excluding hydrogens is 777 g/mol. The SMILES string of the molecule is CC(=O)c1ccc(Sc2ccc([S+](c3ccc(Sc4ccc(C(C)=O)cc4)cc3S)c3ccc(Sc4ccc(C(C)=O)cc4)cc3S)c(S)c2)cc1. The van der Waals surface area contributed by atoms with E-state index in [1.165, 1.54) is 0 Å². The van der Waals surface area contributed by atoms with Crippen LogP contribution in [-0.2, 0) is 10.9 Å². The Balaban J connectivity index is 1.34. The number of ketones is 3. The molecule has 0 saturated carbocycles. The second-order valence-electron chi connectivity index (χ2n) is 11.7. The zero-order valence-corrected chi connectivity index (χ0v) is 34.3. The molecule has 52 heavy (non-hydrogen) atoms. The highest BCUT2D eigenvalue weighted by atomic mass is 32.2. The Morgan fingerprint density at radius 3 is 0.827 bits per heavy atom. The molecule has 6 aromatic rings. The van der Waals surface area contributed by atoms with Crippen LogP contribution in [-0.4, -0.2) is 17.3 Å². The Bertz CT molecular complexity index is 2030. The van der Waals surface area contributed by atoms with Crippen LogP contribution in [0.2, 0.25) is 0 Å². The van der Waals surface area contributed by atoms with E-state index in [9.17, 15) is 14.4 Å². The number of carbonyl (C=O) groups is 3. The summed E-state index contributed by atoms with van der Waals surface area (Å²) in [5.41, 5.74) is 2.07. The fourth-order valence-corrected chi connectivity index (χ4v) is 11.7. The van der Waals surface area contributed by atoms with Gasteiger partial charge in [-0.05, 0) is 112 Å². The van der Waals surface area contributed by atoms with Gasteiger partial charge in [0.2, 0.25) is 0 Å². The molecule has 0 spiro atoms. The number of rotatable bonds is 12. The number of Topliss-reactive ketones (excluding diaryl/α,β-unsaturated/α-hetero) is 3. The van der Waals surface area contributed by atoms with Crippen LogP contribution in [0, 0.1) is 0 Å². The molecule has 3 nitrogen and oxygen atoms in total. The number of hydrogen-bond donors (Lipinski definition) is 3. The lowest BCUT2D eigenvalue weighted by molar-refractivity contribution is 0.100. The monoisotopic (exact) mass is 809 g/mol. The van der Waals surface area contributed by atoms with Gasteiger partial charge < -0.3 is 0 Å². The van der Waals surface area contributed by atoms with Crippen molar-refractivity contribution < 1.29 is 14.4 Å². The van der Waals surface area contributed by atoms with Crippen LogP contribution >= 0.6 is 73.2 Å². The van der Waals surface area contributed by atoms with Gasteiger partial charge in [0.15, 0.2) is 32.0 Å². The third kappa shape index (κ3) is 9.46. The minimum Gasteiger partial charge on any atom is -0.295 e. The van der Waals surface area contributed by atoms with Gasteiger partial charge in [0, 0.05) is 46.1 Å². The van der Waals surface area contributed by atoms with E-state index in [-0.39, 0.29) is 17.3 Å². The average molecular weight is 810 g/mol. The minimum absolute atomic E-state index is 0.0441. The molecule has 0 radical (unpaired) electrons. The molecule has 0 heterocycles. The molecule has 0 atom stereocenters. The van der Waals surface area contributed by atoms with Crippen molar-refractivity contribution in [3.05, 3.63) is 144 Å². The minimum atomic E-state index is -0.608. The van der Waals surface area contributed by atoms with Gasteiger partial charge in [0.1, 0.15) is 10.9 Å². The Hall–Kier alpha value is -3.22. The second-order valence-corrected chi connectivity index (χ2v) is 18.6. The van der Waals surface area contributed by atoms with Gasteiger partial charge in [-0.15, -0.1) is 37.9 Å². The summed E-state index contributed by atoms with van der Waals surface area (Å²) in [5, 5.41) is 0. The largest absolute Gasteiger partial charge is 0.295 e. The van der Waals surface area contributed by atoms with Crippen LogP contribution in [0.1, 0.15) is 51.8 Å². The standard InChI is InChI=1S/C42H32O3S7/c1-25(43)28-4-10-31(11-5-28)49-34-16-19-40(37(46)22-34)52(41-20-17-35(23-38(41)47)50-32-12-6-29(7-13-32)26(2)44)42-21-18-36(24-39(42)48)51-33-14-8-30(9-15-33)27(3)45/h4-24H,1-3H3,(H2-,46,47,48)/p+1. The fourth-order valence-electron chi connectivity index (χ4n) is 5.24. The van der Waals surface area contributed by atoms with E-state index in [0.717, 1.165) is 58.7 Å². The molecule has 0 fully saturated rings. The summed E-state index contributed by atoms with van der Waals surface area (Å²) in [5.74, 6) is 0.132. The summed E-state index contributed by atoms with van der Waals surface area (Å²) >= 11 is 20.0. The van der Waals surface area contributed by atoms with Gasteiger partial charge in [0.05, 0.1) is 14.7 Å². The van der Waals surface area contributed by atoms with Crippen molar-refractivity contribution in [3.63, 3.8) is 0 Å². The smallest absolute Gasteiger partial charge is 0.179 e. The second kappa shape index (κ2) is 17.3. The first-order chi connectivity index (χ1) is 24.9. The van der Waals surface area contributed by atoms with Crippen LogP contribution in [0.4, 0.5) is 0 Å². The topological polar surface area (TPSA) is 51.2 Å². The van der Waals surface area contributed by atoms with Gasteiger partial charge in [-0.1, -0.05) is 71.7 Å². The summed E-state index contributed by atoms with van der Waals surface area (Å²) in [6.07, 6.45) is 0. The lowest BCUT2D eigenvalue weighted by Gasteiger charge is -2.15. The van der Waals surface area contributed by atoms with Gasteiger partial charge in [-0.25, -0.2) is 0 Å². The summed E-state index contributed by atoms with van der Waals surface area (Å²) < 4.78 is 0. The van der Waals surface area contributed by atoms with E-state index in [2.05, 4.69) is 54.6 Å². The Morgan fingerprint density at radius 1 is 0.385 bits per heavy atom. The maximum atomic E-state index is 11.8. The molecule has 10 heteroatoms. The molecule has 0 aliphatic heterocycles. The maximum absolute atomic E-state index is 11.8. The van der Waals surface area contributed by atoms with E-state index in [1.54, 1.807) is 56.1 Å². The van der Waals surface area contributed by atoms with Crippen molar-refractivity contribution in [2.45, 2.75) is 79.5 Å². The number of hydrogen-bond acceptors (Lipinski definition) is 9. The molecule has 0 amide bonds. The quantitative estimate of drug-likeness (QED) is 0.0650. The van der Waals surface area contributed by atoms with Crippen LogP contribution in [0.15, 0.2) is 186 Å². The Kier molecular flexibility index (Phi) is 12.8. The van der Waals surface area contributed by atoms with Gasteiger partial charge in [-0.3, -0.25) is 14.4 Å². The predicted molar refractivity (Wildman–Crippen MR) is 225 cm³/mol. The van der Waals surface area contributed by atoms with Crippen molar-refractivity contribution >= 4 is 101 Å². The molecule has 0 unspecified atom stereocenters. The van der Waals surface area contributed by atoms with Crippen molar-refractivity contribution in [3.8, 4) is 0 Å². The molecule has 0 saturated heterocycles. The van der Waals surface area contributed by atoms with Gasteiger partial charge >= 0.3 is 0 Å². The molecule has 6 rings (SSSR count). The first-order valence-corrected chi connectivity index (χ1v) is 21.1. The van der Waals surface area contributed by atoms with Crippen molar-refractivity contribution in [2.75, 3.05) is 0 Å². The van der Waals surface area contributed by atoms with E-state index < -0.39 is 10.9 Å². The van der Waals surface area contributed by atoms with E-state index in [1.807, 2.05) is 72.8 Å². The van der Waals surface area contributed by atoms with Gasteiger partial charge in [-0.2, -0.15) is 0 Å². The van der Waals surface area contributed by atoms with Crippen LogP contribution < -0.4 is 0 Å². The van der Waals surface area contributed by atoms with Crippen molar-refractivity contribution in [2.24, 2.45) is 0 Å². The molecular formula is C42H33O3S7+. The Morgan fingerprint density at radius 2 is 0.615 bits per heavy atom. The zero-order chi connectivity index (χ0) is 36.9. The van der Waals surface area contributed by atoms with Crippen molar-refractivity contribution in [1.82, 2.24) is 0 Å². The van der Waals surface area contributed by atoms with Gasteiger partial charge in [0.25, 0.3) is 0 Å². The van der Waals surface area contributed by atoms with Crippen molar-refractivity contribution in [1.29, 1.82) is 0 Å². The molecule has 6 aromatic carbocycles. The highest BCUT2D eigenvalue weighted by molar-refractivity contribution is 8.00. The third-order valence-corrected chi connectivity index (χ3v) is 14.9. The first-order valence-electron chi connectivity index (χ1n) is 16.0. The molecule has 0 bridgehead atoms. The molecule has 0 aliphatic rings. The zero-order valence-electron chi connectivity index (χ0n) is 28.3.